The van der Waals surface area contributed by atoms with E-state index in [1.807, 2.05) is 24.3 Å². The quantitative estimate of drug-likeness (QED) is 0.342. The van der Waals surface area contributed by atoms with Gasteiger partial charge in [-0.2, -0.15) is 5.10 Å². The van der Waals surface area contributed by atoms with Crippen molar-refractivity contribution in [1.82, 2.24) is 10.2 Å². The summed E-state index contributed by atoms with van der Waals surface area (Å²) in [4.78, 5) is 0. The minimum Gasteiger partial charge on any atom is -0.494 e. The lowest BCUT2D eigenvalue weighted by Gasteiger charge is -2.06. The molecule has 0 saturated carbocycles. The Kier molecular flexibility index (Phi) is 8.17. The van der Waals surface area contributed by atoms with Gasteiger partial charge in [-0.05, 0) is 73.0 Å². The highest BCUT2D eigenvalue weighted by Gasteiger charge is 2.07. The molecule has 0 aliphatic rings. The van der Waals surface area contributed by atoms with Gasteiger partial charge in [-0.15, -0.1) is 0 Å². The Bertz CT molecular complexity index is 768. The Hall–Kier alpha value is -2.75. The van der Waals surface area contributed by atoms with Crippen LogP contribution >= 0.6 is 0 Å². The van der Waals surface area contributed by atoms with Crippen LogP contribution in [0.25, 0.3) is 22.5 Å². The highest BCUT2D eigenvalue weighted by Crippen LogP contribution is 2.26. The van der Waals surface area contributed by atoms with Gasteiger partial charge in [0.2, 0.25) is 0 Å². The lowest BCUT2D eigenvalue weighted by atomic mass is 10.1. The van der Waals surface area contributed by atoms with Crippen LogP contribution < -0.4 is 9.47 Å². The second-order valence-corrected chi connectivity index (χ2v) is 7.33. The largest absolute Gasteiger partial charge is 0.494 e. The molecular weight excluding hydrogens is 360 g/mol. The standard InChI is InChI=1S/C25H32N2O2/c1-3-5-7-17-28-22-13-9-20(10-14-22)24-19-25(27-26-24)21-11-15-23(16-12-21)29-18-8-6-4-2/h9-16,19H,3-8,17-18H2,1-2H3,(H,26,27). The molecule has 0 aliphatic heterocycles. The summed E-state index contributed by atoms with van der Waals surface area (Å²) in [6, 6.07) is 18.4. The van der Waals surface area contributed by atoms with E-state index in [2.05, 4.69) is 54.4 Å². The first-order chi connectivity index (χ1) is 14.3. The Morgan fingerprint density at radius 2 is 1.21 bits per heavy atom. The summed E-state index contributed by atoms with van der Waals surface area (Å²) in [7, 11) is 0. The van der Waals surface area contributed by atoms with Crippen LogP contribution in [-0.2, 0) is 0 Å². The molecular formula is C25H32N2O2. The van der Waals surface area contributed by atoms with Crippen molar-refractivity contribution in [2.45, 2.75) is 52.4 Å². The van der Waals surface area contributed by atoms with Gasteiger partial charge in [0, 0.05) is 5.56 Å². The van der Waals surface area contributed by atoms with Gasteiger partial charge in [0.25, 0.3) is 0 Å². The van der Waals surface area contributed by atoms with Gasteiger partial charge in [0.15, 0.2) is 0 Å². The van der Waals surface area contributed by atoms with Gasteiger partial charge in [0.05, 0.1) is 24.6 Å². The highest BCUT2D eigenvalue weighted by atomic mass is 16.5. The van der Waals surface area contributed by atoms with E-state index in [-0.39, 0.29) is 0 Å². The zero-order valence-electron chi connectivity index (χ0n) is 17.6. The van der Waals surface area contributed by atoms with Crippen molar-refractivity contribution in [2.24, 2.45) is 0 Å². The van der Waals surface area contributed by atoms with Crippen LogP contribution in [0, 0.1) is 0 Å². The molecule has 1 aromatic heterocycles. The van der Waals surface area contributed by atoms with Gasteiger partial charge < -0.3 is 9.47 Å². The van der Waals surface area contributed by atoms with Crippen molar-refractivity contribution in [1.29, 1.82) is 0 Å². The Morgan fingerprint density at radius 1 is 0.690 bits per heavy atom. The number of ether oxygens (including phenoxy) is 2. The summed E-state index contributed by atoms with van der Waals surface area (Å²) < 4.78 is 11.6. The number of H-pyrrole nitrogens is 1. The maximum absolute atomic E-state index is 5.79. The molecule has 3 rings (SSSR count). The third-order valence-corrected chi connectivity index (χ3v) is 4.93. The lowest BCUT2D eigenvalue weighted by molar-refractivity contribution is 0.306. The molecule has 0 radical (unpaired) electrons. The maximum Gasteiger partial charge on any atom is 0.119 e. The average molecular weight is 393 g/mol. The third-order valence-electron chi connectivity index (χ3n) is 4.93. The van der Waals surface area contributed by atoms with Crippen molar-refractivity contribution in [3.8, 4) is 34.0 Å². The number of unbranched alkanes of at least 4 members (excludes halogenated alkanes) is 4. The molecule has 0 fully saturated rings. The van der Waals surface area contributed by atoms with Gasteiger partial charge >= 0.3 is 0 Å². The normalized spacial score (nSPS) is 10.8. The molecule has 0 aliphatic carbocycles. The zero-order valence-corrected chi connectivity index (χ0v) is 17.6. The number of hydrogen-bond donors (Lipinski definition) is 1. The van der Waals surface area contributed by atoms with Crippen LogP contribution in [0.15, 0.2) is 54.6 Å². The van der Waals surface area contributed by atoms with E-state index in [4.69, 9.17) is 9.47 Å². The molecule has 0 amide bonds. The molecule has 4 heteroatoms. The minimum atomic E-state index is 0.776. The number of aromatic nitrogens is 2. The number of benzene rings is 2. The van der Waals surface area contributed by atoms with Gasteiger partial charge in [-0.25, -0.2) is 0 Å². The molecule has 0 unspecified atom stereocenters. The van der Waals surface area contributed by atoms with Crippen molar-refractivity contribution in [2.75, 3.05) is 13.2 Å². The smallest absolute Gasteiger partial charge is 0.119 e. The van der Waals surface area contributed by atoms with Crippen LogP contribution in [0.4, 0.5) is 0 Å². The molecule has 0 bridgehead atoms. The van der Waals surface area contributed by atoms with E-state index in [0.29, 0.717) is 0 Å². The molecule has 3 aromatic rings. The first kappa shape index (κ1) is 21.0. The number of aromatic amines is 1. The molecule has 29 heavy (non-hydrogen) atoms. The molecule has 0 spiro atoms. The van der Waals surface area contributed by atoms with E-state index in [1.165, 1.54) is 25.7 Å². The summed E-state index contributed by atoms with van der Waals surface area (Å²) in [6.07, 6.45) is 7.03. The number of nitrogens with zero attached hydrogens (tertiary/aromatic N) is 1. The van der Waals surface area contributed by atoms with Crippen molar-refractivity contribution in [3.05, 3.63) is 54.6 Å². The van der Waals surface area contributed by atoms with Crippen molar-refractivity contribution < 1.29 is 9.47 Å². The third kappa shape index (κ3) is 6.38. The highest BCUT2D eigenvalue weighted by molar-refractivity contribution is 5.68. The first-order valence-corrected chi connectivity index (χ1v) is 10.8. The summed E-state index contributed by atoms with van der Waals surface area (Å²) in [5.74, 6) is 1.83. The lowest BCUT2D eigenvalue weighted by Crippen LogP contribution is -1.96. The van der Waals surface area contributed by atoms with E-state index in [9.17, 15) is 0 Å². The van der Waals surface area contributed by atoms with Crippen LogP contribution in [0.1, 0.15) is 52.4 Å². The molecule has 2 aromatic carbocycles. The SMILES string of the molecule is CCCCCOc1ccc(-c2cc(-c3ccc(OCCCCC)cc3)[nH]n2)cc1. The molecule has 154 valence electrons. The summed E-state index contributed by atoms with van der Waals surface area (Å²) >= 11 is 0. The fourth-order valence-electron chi connectivity index (χ4n) is 3.15. The molecule has 1 N–H and O–H groups in total. The summed E-state index contributed by atoms with van der Waals surface area (Å²) in [6.45, 7) is 5.95. The van der Waals surface area contributed by atoms with Crippen molar-refractivity contribution in [3.63, 3.8) is 0 Å². The Balaban J connectivity index is 1.57. The summed E-state index contributed by atoms with van der Waals surface area (Å²) in [5, 5.41) is 7.62. The van der Waals surface area contributed by atoms with E-state index < -0.39 is 0 Å². The second kappa shape index (κ2) is 11.3. The molecule has 0 atom stereocenters. The Morgan fingerprint density at radius 3 is 1.72 bits per heavy atom. The van der Waals surface area contributed by atoms with Crippen LogP contribution in [0.5, 0.6) is 11.5 Å². The number of rotatable bonds is 12. The van der Waals surface area contributed by atoms with E-state index in [0.717, 1.165) is 60.1 Å². The predicted octanol–water partition coefficient (Wildman–Crippen LogP) is 6.88. The molecule has 4 nitrogen and oxygen atoms in total. The van der Waals surface area contributed by atoms with Crippen molar-refractivity contribution >= 4 is 0 Å². The monoisotopic (exact) mass is 392 g/mol. The Labute approximate surface area is 174 Å². The fourth-order valence-corrected chi connectivity index (χ4v) is 3.15. The second-order valence-electron chi connectivity index (χ2n) is 7.33. The van der Waals surface area contributed by atoms with E-state index >= 15 is 0 Å². The maximum atomic E-state index is 5.79. The fraction of sp³-hybridized carbons (Fsp3) is 0.400. The average Bonchev–Trinajstić information content (AvgIpc) is 3.25. The topological polar surface area (TPSA) is 47.1 Å². The summed E-state index contributed by atoms with van der Waals surface area (Å²) in [5.41, 5.74) is 4.10. The van der Waals surface area contributed by atoms with Gasteiger partial charge in [0.1, 0.15) is 11.5 Å². The van der Waals surface area contributed by atoms with Crippen LogP contribution in [0.3, 0.4) is 0 Å². The molecule has 0 saturated heterocycles. The number of hydrogen-bond acceptors (Lipinski definition) is 3. The zero-order chi connectivity index (χ0) is 20.3. The van der Waals surface area contributed by atoms with Gasteiger partial charge in [-0.1, -0.05) is 39.5 Å². The molecule has 1 heterocycles. The van der Waals surface area contributed by atoms with Gasteiger partial charge in [-0.3, -0.25) is 5.10 Å². The predicted molar refractivity (Wildman–Crippen MR) is 119 cm³/mol. The minimum absolute atomic E-state index is 0.776. The van der Waals surface area contributed by atoms with Crippen LogP contribution in [-0.4, -0.2) is 23.4 Å². The number of nitrogens with one attached hydrogen (secondary N) is 1. The van der Waals surface area contributed by atoms with E-state index in [1.54, 1.807) is 0 Å². The first-order valence-electron chi connectivity index (χ1n) is 10.8. The van der Waals surface area contributed by atoms with Crippen LogP contribution in [0.2, 0.25) is 0 Å².